The number of hydrogen-bond acceptors (Lipinski definition) is 3. The van der Waals surface area contributed by atoms with E-state index in [1.807, 2.05) is 18.3 Å². The normalized spacial score (nSPS) is 11.5. The summed E-state index contributed by atoms with van der Waals surface area (Å²) in [6, 6.07) is 3.87. The summed E-state index contributed by atoms with van der Waals surface area (Å²) in [4.78, 5) is 7.26. The molecule has 0 saturated heterocycles. The van der Waals surface area contributed by atoms with Gasteiger partial charge in [-0.15, -0.1) is 0 Å². The molecule has 0 spiro atoms. The molecule has 0 bridgehead atoms. The van der Waals surface area contributed by atoms with Gasteiger partial charge in [-0.25, -0.2) is 13.8 Å². The van der Waals surface area contributed by atoms with E-state index in [4.69, 9.17) is 4.74 Å². The third-order valence-corrected chi connectivity index (χ3v) is 2.52. The average Bonchev–Trinajstić information content (AvgIpc) is 2.77. The quantitative estimate of drug-likeness (QED) is 0.743. The van der Waals surface area contributed by atoms with E-state index in [0.29, 0.717) is 13.1 Å². The molecule has 0 atom stereocenters. The maximum Gasteiger partial charge on any atom is 0.261 e. The molecule has 0 saturated carbocycles. The minimum absolute atomic E-state index is 0.283. The highest BCUT2D eigenvalue weighted by atomic mass is 19.3. The standard InChI is InChI=1S/C12H15F2N3O/c13-11(14)8-18-5-4-15-6-9-7-17-12-10(9)2-1-3-16-12/h1-3,7,11,15H,4-6,8H2,(H,16,17). The van der Waals surface area contributed by atoms with Crippen LogP contribution in [0.15, 0.2) is 24.5 Å². The number of aromatic nitrogens is 2. The van der Waals surface area contributed by atoms with E-state index in [0.717, 1.165) is 16.6 Å². The highest BCUT2D eigenvalue weighted by Crippen LogP contribution is 2.14. The van der Waals surface area contributed by atoms with Crippen LogP contribution in [0, 0.1) is 0 Å². The number of hydrogen-bond donors (Lipinski definition) is 2. The van der Waals surface area contributed by atoms with Crippen molar-refractivity contribution in [2.75, 3.05) is 19.8 Å². The number of ether oxygens (including phenoxy) is 1. The molecule has 0 aromatic carbocycles. The van der Waals surface area contributed by atoms with E-state index in [9.17, 15) is 8.78 Å². The summed E-state index contributed by atoms with van der Waals surface area (Å²) >= 11 is 0. The summed E-state index contributed by atoms with van der Waals surface area (Å²) in [5.41, 5.74) is 1.95. The molecule has 2 rings (SSSR count). The lowest BCUT2D eigenvalue weighted by molar-refractivity contribution is 0.0187. The molecule has 6 heteroatoms. The zero-order valence-corrected chi connectivity index (χ0v) is 9.83. The Hall–Kier alpha value is -1.53. The lowest BCUT2D eigenvalue weighted by Gasteiger charge is -2.05. The number of pyridine rings is 1. The van der Waals surface area contributed by atoms with E-state index < -0.39 is 13.0 Å². The first-order valence-electron chi connectivity index (χ1n) is 5.75. The van der Waals surface area contributed by atoms with Gasteiger partial charge in [-0.3, -0.25) is 0 Å². The Balaban J connectivity index is 1.74. The first-order chi connectivity index (χ1) is 8.77. The molecule has 0 unspecified atom stereocenters. The largest absolute Gasteiger partial charge is 0.374 e. The van der Waals surface area contributed by atoms with Gasteiger partial charge in [0, 0.05) is 30.9 Å². The predicted molar refractivity (Wildman–Crippen MR) is 64.6 cm³/mol. The minimum Gasteiger partial charge on any atom is -0.374 e. The van der Waals surface area contributed by atoms with Crippen LogP contribution in [-0.2, 0) is 11.3 Å². The molecule has 0 aliphatic carbocycles. The molecule has 2 heterocycles. The van der Waals surface area contributed by atoms with Crippen LogP contribution in [0.1, 0.15) is 5.56 Å². The smallest absolute Gasteiger partial charge is 0.261 e. The van der Waals surface area contributed by atoms with Crippen LogP contribution in [0.5, 0.6) is 0 Å². The molecular formula is C12H15F2N3O. The Morgan fingerprint density at radius 1 is 1.44 bits per heavy atom. The number of rotatable bonds is 7. The Morgan fingerprint density at radius 2 is 2.33 bits per heavy atom. The van der Waals surface area contributed by atoms with Gasteiger partial charge in [-0.05, 0) is 17.7 Å². The van der Waals surface area contributed by atoms with E-state index in [1.165, 1.54) is 0 Å². The van der Waals surface area contributed by atoms with Gasteiger partial charge in [0.05, 0.1) is 6.61 Å². The number of nitrogens with zero attached hydrogens (tertiary/aromatic N) is 1. The molecule has 0 fully saturated rings. The highest BCUT2D eigenvalue weighted by molar-refractivity contribution is 5.79. The van der Waals surface area contributed by atoms with Crippen LogP contribution in [0.2, 0.25) is 0 Å². The van der Waals surface area contributed by atoms with Crippen molar-refractivity contribution in [3.63, 3.8) is 0 Å². The summed E-state index contributed by atoms with van der Waals surface area (Å²) in [5.74, 6) is 0. The third-order valence-electron chi connectivity index (χ3n) is 2.52. The summed E-state index contributed by atoms with van der Waals surface area (Å²) in [6.45, 7) is 0.979. The first-order valence-corrected chi connectivity index (χ1v) is 5.75. The molecule has 0 amide bonds. The van der Waals surface area contributed by atoms with Crippen molar-refractivity contribution < 1.29 is 13.5 Å². The van der Waals surface area contributed by atoms with Crippen LogP contribution in [0.3, 0.4) is 0 Å². The minimum atomic E-state index is -2.40. The molecule has 0 radical (unpaired) electrons. The number of alkyl halides is 2. The van der Waals surface area contributed by atoms with E-state index in [-0.39, 0.29) is 6.61 Å². The number of nitrogens with one attached hydrogen (secondary N) is 2. The maximum atomic E-state index is 11.8. The maximum absolute atomic E-state index is 11.8. The fraction of sp³-hybridized carbons (Fsp3) is 0.417. The van der Waals surface area contributed by atoms with Gasteiger partial charge in [0.25, 0.3) is 6.43 Å². The fourth-order valence-corrected chi connectivity index (χ4v) is 1.70. The van der Waals surface area contributed by atoms with Crippen LogP contribution >= 0.6 is 0 Å². The number of fused-ring (bicyclic) bond motifs is 1. The van der Waals surface area contributed by atoms with Gasteiger partial charge in [-0.2, -0.15) is 0 Å². The van der Waals surface area contributed by atoms with E-state index >= 15 is 0 Å². The van der Waals surface area contributed by atoms with Crippen molar-refractivity contribution in [1.29, 1.82) is 0 Å². The van der Waals surface area contributed by atoms with Crippen LogP contribution in [0.4, 0.5) is 8.78 Å². The van der Waals surface area contributed by atoms with Crippen molar-refractivity contribution in [2.45, 2.75) is 13.0 Å². The van der Waals surface area contributed by atoms with Crippen molar-refractivity contribution in [1.82, 2.24) is 15.3 Å². The number of H-pyrrole nitrogens is 1. The summed E-state index contributed by atoms with van der Waals surface area (Å²) < 4.78 is 28.3. The van der Waals surface area contributed by atoms with Crippen molar-refractivity contribution >= 4 is 11.0 Å². The Labute approximate surface area is 103 Å². The Bertz CT molecular complexity index is 487. The van der Waals surface area contributed by atoms with Gasteiger partial charge >= 0.3 is 0 Å². The molecule has 2 N–H and O–H groups in total. The molecule has 0 aliphatic rings. The Kier molecular flexibility index (Phi) is 4.60. The molecule has 2 aromatic rings. The zero-order chi connectivity index (χ0) is 12.8. The molecule has 4 nitrogen and oxygen atoms in total. The molecule has 18 heavy (non-hydrogen) atoms. The SMILES string of the molecule is FC(F)COCCNCc1c[nH]c2ncccc12. The van der Waals surface area contributed by atoms with E-state index in [2.05, 4.69) is 15.3 Å². The summed E-state index contributed by atoms with van der Waals surface area (Å²) in [6.07, 6.45) is 1.23. The second kappa shape index (κ2) is 6.42. The lowest BCUT2D eigenvalue weighted by Crippen LogP contribution is -2.20. The molecule has 0 aliphatic heterocycles. The topological polar surface area (TPSA) is 49.9 Å². The summed E-state index contributed by atoms with van der Waals surface area (Å²) in [7, 11) is 0. The zero-order valence-electron chi connectivity index (χ0n) is 9.83. The molecular weight excluding hydrogens is 240 g/mol. The lowest BCUT2D eigenvalue weighted by atomic mass is 10.2. The van der Waals surface area contributed by atoms with E-state index in [1.54, 1.807) is 6.20 Å². The van der Waals surface area contributed by atoms with Gasteiger partial charge in [0.15, 0.2) is 0 Å². The number of halogens is 2. The summed E-state index contributed by atoms with van der Waals surface area (Å²) in [5, 5.41) is 4.20. The van der Waals surface area contributed by atoms with Crippen LogP contribution in [0.25, 0.3) is 11.0 Å². The second-order valence-electron chi connectivity index (χ2n) is 3.86. The van der Waals surface area contributed by atoms with Crippen LogP contribution in [-0.4, -0.2) is 36.2 Å². The van der Waals surface area contributed by atoms with Crippen LogP contribution < -0.4 is 5.32 Å². The monoisotopic (exact) mass is 255 g/mol. The van der Waals surface area contributed by atoms with Gasteiger partial charge < -0.3 is 15.0 Å². The van der Waals surface area contributed by atoms with Crippen molar-refractivity contribution in [3.05, 3.63) is 30.1 Å². The fourth-order valence-electron chi connectivity index (χ4n) is 1.70. The average molecular weight is 255 g/mol. The van der Waals surface area contributed by atoms with Gasteiger partial charge in [0.2, 0.25) is 0 Å². The Morgan fingerprint density at radius 3 is 3.17 bits per heavy atom. The van der Waals surface area contributed by atoms with Gasteiger partial charge in [0.1, 0.15) is 12.3 Å². The second-order valence-corrected chi connectivity index (χ2v) is 3.86. The predicted octanol–water partition coefficient (Wildman–Crippen LogP) is 1.93. The van der Waals surface area contributed by atoms with Gasteiger partial charge in [-0.1, -0.05) is 0 Å². The molecule has 98 valence electrons. The van der Waals surface area contributed by atoms with Crippen molar-refractivity contribution in [3.8, 4) is 0 Å². The molecule has 2 aromatic heterocycles. The number of aromatic amines is 1. The van der Waals surface area contributed by atoms with Crippen molar-refractivity contribution in [2.24, 2.45) is 0 Å². The third kappa shape index (κ3) is 3.48. The highest BCUT2D eigenvalue weighted by Gasteiger charge is 2.03. The first kappa shape index (κ1) is 12.9.